The first-order valence-electron chi connectivity index (χ1n) is 4.27. The predicted octanol–water partition coefficient (Wildman–Crippen LogP) is 4.56. The smallest absolute Gasteiger partial charge is 0.205 e. The SMILES string of the molecule is FC(F)c1ccc(Br)cc1CCCCl. The van der Waals surface area contributed by atoms with Gasteiger partial charge in [-0.15, -0.1) is 11.6 Å². The van der Waals surface area contributed by atoms with Gasteiger partial charge >= 0.3 is 0 Å². The molecule has 1 rings (SSSR count). The van der Waals surface area contributed by atoms with Gasteiger partial charge in [-0.1, -0.05) is 22.0 Å². The van der Waals surface area contributed by atoms with E-state index in [0.717, 1.165) is 10.9 Å². The van der Waals surface area contributed by atoms with Gasteiger partial charge in [0.15, 0.2) is 0 Å². The van der Waals surface area contributed by atoms with Crippen LogP contribution in [0.5, 0.6) is 0 Å². The van der Waals surface area contributed by atoms with E-state index in [1.165, 1.54) is 6.07 Å². The largest absolute Gasteiger partial charge is 0.264 e. The highest BCUT2D eigenvalue weighted by molar-refractivity contribution is 9.10. The van der Waals surface area contributed by atoms with Gasteiger partial charge in [0, 0.05) is 15.9 Å². The van der Waals surface area contributed by atoms with Crippen molar-refractivity contribution in [1.29, 1.82) is 0 Å². The van der Waals surface area contributed by atoms with Crippen LogP contribution in [0.4, 0.5) is 8.78 Å². The molecule has 0 nitrogen and oxygen atoms in total. The Morgan fingerprint density at radius 1 is 1.36 bits per heavy atom. The Labute approximate surface area is 95.4 Å². The zero-order chi connectivity index (χ0) is 10.6. The third-order valence-corrected chi connectivity index (χ3v) is 2.68. The minimum absolute atomic E-state index is 0.110. The highest BCUT2D eigenvalue weighted by Gasteiger charge is 2.12. The molecule has 14 heavy (non-hydrogen) atoms. The van der Waals surface area contributed by atoms with Crippen LogP contribution in [0.25, 0.3) is 0 Å². The maximum absolute atomic E-state index is 12.5. The van der Waals surface area contributed by atoms with Crippen molar-refractivity contribution in [2.24, 2.45) is 0 Å². The molecule has 0 heterocycles. The van der Waals surface area contributed by atoms with Crippen molar-refractivity contribution >= 4 is 27.5 Å². The van der Waals surface area contributed by atoms with Crippen molar-refractivity contribution in [3.63, 3.8) is 0 Å². The third kappa shape index (κ3) is 3.21. The summed E-state index contributed by atoms with van der Waals surface area (Å²) in [5, 5.41) is 0. The van der Waals surface area contributed by atoms with Crippen molar-refractivity contribution in [3.8, 4) is 0 Å². The number of hydrogen-bond acceptors (Lipinski definition) is 0. The number of alkyl halides is 3. The standard InChI is InChI=1S/C10H10BrClF2/c11-8-3-4-9(10(13)14)7(6-8)2-1-5-12/h3-4,6,10H,1-2,5H2. The third-order valence-electron chi connectivity index (χ3n) is 1.92. The van der Waals surface area contributed by atoms with E-state index in [0.29, 0.717) is 17.9 Å². The van der Waals surface area contributed by atoms with Crippen LogP contribution in [-0.4, -0.2) is 5.88 Å². The maximum atomic E-state index is 12.5. The molecule has 0 bridgehead atoms. The Kier molecular flexibility index (Phi) is 4.82. The number of hydrogen-bond donors (Lipinski definition) is 0. The Balaban J connectivity index is 2.91. The predicted molar refractivity (Wildman–Crippen MR) is 58.1 cm³/mol. The average molecular weight is 284 g/mol. The molecule has 0 N–H and O–H groups in total. The minimum atomic E-state index is -2.41. The molecule has 0 saturated carbocycles. The zero-order valence-corrected chi connectivity index (χ0v) is 9.78. The number of aryl methyl sites for hydroxylation is 1. The van der Waals surface area contributed by atoms with Crippen molar-refractivity contribution in [3.05, 3.63) is 33.8 Å². The highest BCUT2D eigenvalue weighted by atomic mass is 79.9. The number of rotatable bonds is 4. The molecule has 0 saturated heterocycles. The fourth-order valence-corrected chi connectivity index (χ4v) is 1.80. The van der Waals surface area contributed by atoms with Crippen LogP contribution < -0.4 is 0 Å². The second-order valence-electron chi connectivity index (χ2n) is 2.94. The summed E-state index contributed by atoms with van der Waals surface area (Å²) in [4.78, 5) is 0. The first-order valence-corrected chi connectivity index (χ1v) is 5.60. The fraction of sp³-hybridized carbons (Fsp3) is 0.400. The number of halogens is 4. The van der Waals surface area contributed by atoms with Crippen molar-refractivity contribution in [1.82, 2.24) is 0 Å². The molecular weight excluding hydrogens is 273 g/mol. The van der Waals surface area contributed by atoms with E-state index in [1.807, 2.05) is 0 Å². The van der Waals surface area contributed by atoms with Gasteiger partial charge in [0.05, 0.1) is 0 Å². The average Bonchev–Trinajstić information content (AvgIpc) is 2.14. The molecule has 78 valence electrons. The number of benzene rings is 1. The molecule has 0 aliphatic carbocycles. The lowest BCUT2D eigenvalue weighted by atomic mass is 10.0. The van der Waals surface area contributed by atoms with Crippen LogP contribution in [0.15, 0.2) is 22.7 Å². The van der Waals surface area contributed by atoms with Crippen LogP contribution in [0.2, 0.25) is 0 Å². The van der Waals surface area contributed by atoms with Crippen LogP contribution in [0.3, 0.4) is 0 Å². The van der Waals surface area contributed by atoms with E-state index >= 15 is 0 Å². The van der Waals surface area contributed by atoms with Gasteiger partial charge in [-0.3, -0.25) is 0 Å². The summed E-state index contributed by atoms with van der Waals surface area (Å²) in [6.45, 7) is 0. The van der Waals surface area contributed by atoms with E-state index in [9.17, 15) is 8.78 Å². The molecule has 0 radical (unpaired) electrons. The van der Waals surface area contributed by atoms with Gasteiger partial charge in [0.1, 0.15) is 0 Å². The van der Waals surface area contributed by atoms with Crippen LogP contribution in [0.1, 0.15) is 24.0 Å². The van der Waals surface area contributed by atoms with Crippen molar-refractivity contribution < 1.29 is 8.78 Å². The molecular formula is C10H10BrClF2. The van der Waals surface area contributed by atoms with Gasteiger partial charge in [0.25, 0.3) is 6.43 Å². The Morgan fingerprint density at radius 3 is 2.64 bits per heavy atom. The van der Waals surface area contributed by atoms with Gasteiger partial charge in [-0.2, -0.15) is 0 Å². The summed E-state index contributed by atoms with van der Waals surface area (Å²) in [5.74, 6) is 0.495. The molecule has 0 aromatic heterocycles. The lowest BCUT2D eigenvalue weighted by molar-refractivity contribution is 0.150. The quantitative estimate of drug-likeness (QED) is 0.711. The molecule has 1 aromatic rings. The molecule has 0 amide bonds. The first kappa shape index (κ1) is 11.9. The van der Waals surface area contributed by atoms with Crippen LogP contribution in [0, 0.1) is 0 Å². The van der Waals surface area contributed by atoms with E-state index in [1.54, 1.807) is 12.1 Å². The normalized spacial score (nSPS) is 10.9. The van der Waals surface area contributed by atoms with Crippen molar-refractivity contribution in [2.45, 2.75) is 19.3 Å². The summed E-state index contributed by atoms with van der Waals surface area (Å²) >= 11 is 8.78. The minimum Gasteiger partial charge on any atom is -0.205 e. The zero-order valence-electron chi connectivity index (χ0n) is 7.44. The second kappa shape index (κ2) is 5.66. The summed E-state index contributed by atoms with van der Waals surface area (Å²) in [5.41, 5.74) is 0.786. The lowest BCUT2D eigenvalue weighted by Gasteiger charge is -2.08. The molecule has 4 heteroatoms. The summed E-state index contributed by atoms with van der Waals surface area (Å²) < 4.78 is 25.9. The fourth-order valence-electron chi connectivity index (χ4n) is 1.26. The lowest BCUT2D eigenvalue weighted by Crippen LogP contribution is -1.95. The van der Waals surface area contributed by atoms with Gasteiger partial charge in [-0.25, -0.2) is 8.78 Å². The summed E-state index contributed by atoms with van der Waals surface area (Å²) in [6.07, 6.45) is -1.09. The van der Waals surface area contributed by atoms with E-state index in [-0.39, 0.29) is 5.56 Å². The Morgan fingerprint density at radius 2 is 2.07 bits per heavy atom. The molecule has 0 fully saturated rings. The molecule has 0 spiro atoms. The van der Waals surface area contributed by atoms with Crippen molar-refractivity contribution in [2.75, 3.05) is 5.88 Å². The van der Waals surface area contributed by atoms with Gasteiger partial charge < -0.3 is 0 Å². The van der Waals surface area contributed by atoms with E-state index in [2.05, 4.69) is 15.9 Å². The monoisotopic (exact) mass is 282 g/mol. The van der Waals surface area contributed by atoms with Gasteiger partial charge in [-0.05, 0) is 30.5 Å². The van der Waals surface area contributed by atoms with Crippen LogP contribution in [-0.2, 0) is 6.42 Å². The molecule has 0 aliphatic heterocycles. The Bertz CT molecular complexity index is 302. The van der Waals surface area contributed by atoms with E-state index < -0.39 is 6.43 Å². The summed E-state index contributed by atoms with van der Waals surface area (Å²) in [7, 11) is 0. The van der Waals surface area contributed by atoms with Crippen LogP contribution >= 0.6 is 27.5 Å². The molecule has 1 aromatic carbocycles. The van der Waals surface area contributed by atoms with E-state index in [4.69, 9.17) is 11.6 Å². The highest BCUT2D eigenvalue weighted by Crippen LogP contribution is 2.26. The summed E-state index contributed by atoms with van der Waals surface area (Å²) in [6, 6.07) is 4.82. The Hall–Kier alpha value is -0.150. The maximum Gasteiger partial charge on any atom is 0.264 e. The second-order valence-corrected chi connectivity index (χ2v) is 4.23. The topological polar surface area (TPSA) is 0 Å². The first-order chi connectivity index (χ1) is 6.65. The molecule has 0 atom stereocenters. The van der Waals surface area contributed by atoms with Gasteiger partial charge in [0.2, 0.25) is 0 Å². The molecule has 0 unspecified atom stereocenters. The molecule has 0 aliphatic rings.